The van der Waals surface area contributed by atoms with Crippen LogP contribution in [-0.2, 0) is 4.79 Å². The molecule has 0 aromatic heterocycles. The average Bonchev–Trinajstić information content (AvgIpc) is 2.51. The van der Waals surface area contributed by atoms with Gasteiger partial charge in [0.25, 0.3) is 0 Å². The number of nitriles is 1. The van der Waals surface area contributed by atoms with E-state index in [9.17, 15) is 4.79 Å². The number of hydrogen-bond donors (Lipinski definition) is 0. The van der Waals surface area contributed by atoms with Gasteiger partial charge in [-0.05, 0) is 56.3 Å². The van der Waals surface area contributed by atoms with Crippen LogP contribution in [0.15, 0.2) is 0 Å². The zero-order chi connectivity index (χ0) is 15.2. The first-order valence-electron chi connectivity index (χ1n) is 9.07. The number of rotatable bonds is 3. The Morgan fingerprint density at radius 1 is 1.00 bits per heavy atom. The standard InChI is InChI=1S/C18H27N3O/c19-2-1-3-20-4-6-21(7-5-20)17(22)18-11-14-8-15(12-18)10-16(9-14)13-18/h14-16H,1,3-13H2. The molecule has 0 unspecified atom stereocenters. The van der Waals surface area contributed by atoms with Crippen LogP contribution < -0.4 is 0 Å². The smallest absolute Gasteiger partial charge is 0.228 e. The number of carbonyl (C=O) groups excluding carboxylic acids is 1. The molecule has 4 saturated carbocycles. The minimum atomic E-state index is 0.0174. The monoisotopic (exact) mass is 301 g/mol. The van der Waals surface area contributed by atoms with E-state index in [-0.39, 0.29) is 5.41 Å². The van der Waals surface area contributed by atoms with Gasteiger partial charge in [0.05, 0.1) is 11.5 Å². The largest absolute Gasteiger partial charge is 0.340 e. The molecule has 4 nitrogen and oxygen atoms in total. The lowest BCUT2D eigenvalue weighted by atomic mass is 9.49. The Balaban J connectivity index is 1.40. The summed E-state index contributed by atoms with van der Waals surface area (Å²) in [6, 6.07) is 2.22. The maximum absolute atomic E-state index is 13.2. The highest BCUT2D eigenvalue weighted by atomic mass is 16.2. The fourth-order valence-corrected chi connectivity index (χ4v) is 6.09. The summed E-state index contributed by atoms with van der Waals surface area (Å²) < 4.78 is 0. The summed E-state index contributed by atoms with van der Waals surface area (Å²) in [6.07, 6.45) is 8.31. The second-order valence-electron chi connectivity index (χ2n) is 8.24. The van der Waals surface area contributed by atoms with E-state index in [4.69, 9.17) is 5.26 Å². The number of amides is 1. The van der Waals surface area contributed by atoms with E-state index in [1.165, 1.54) is 38.5 Å². The van der Waals surface area contributed by atoms with Crippen LogP contribution in [0.4, 0.5) is 0 Å². The minimum absolute atomic E-state index is 0.0174. The van der Waals surface area contributed by atoms with Gasteiger partial charge in [-0.2, -0.15) is 5.26 Å². The molecule has 1 heterocycles. The topological polar surface area (TPSA) is 47.3 Å². The van der Waals surface area contributed by atoms with E-state index < -0.39 is 0 Å². The number of piperazine rings is 1. The molecular formula is C18H27N3O. The Morgan fingerprint density at radius 2 is 1.55 bits per heavy atom. The van der Waals surface area contributed by atoms with E-state index in [1.54, 1.807) is 0 Å². The van der Waals surface area contributed by atoms with E-state index in [2.05, 4.69) is 15.9 Å². The fraction of sp³-hybridized carbons (Fsp3) is 0.889. The molecule has 1 amide bonds. The Hall–Kier alpha value is -1.08. The number of hydrogen-bond acceptors (Lipinski definition) is 3. The molecule has 0 aromatic rings. The SMILES string of the molecule is N#CCCN1CCN(C(=O)C23CC4CC(CC(C4)C2)C3)CC1. The second kappa shape index (κ2) is 5.53. The van der Waals surface area contributed by atoms with E-state index in [1.807, 2.05) is 0 Å². The molecule has 5 aliphatic rings. The van der Waals surface area contributed by atoms with Gasteiger partial charge in [-0.3, -0.25) is 9.69 Å². The first kappa shape index (κ1) is 14.5. The lowest BCUT2D eigenvalue weighted by molar-refractivity contribution is -0.159. The lowest BCUT2D eigenvalue weighted by Crippen LogP contribution is -2.58. The van der Waals surface area contributed by atoms with Crippen LogP contribution in [0, 0.1) is 34.5 Å². The summed E-state index contributed by atoms with van der Waals surface area (Å²) in [4.78, 5) is 17.7. The Morgan fingerprint density at radius 3 is 2.05 bits per heavy atom. The van der Waals surface area contributed by atoms with Gasteiger partial charge >= 0.3 is 0 Å². The van der Waals surface area contributed by atoms with Crippen molar-refractivity contribution in [1.29, 1.82) is 5.26 Å². The molecule has 120 valence electrons. The van der Waals surface area contributed by atoms with Crippen LogP contribution in [-0.4, -0.2) is 48.4 Å². The summed E-state index contributed by atoms with van der Waals surface area (Å²) in [5.41, 5.74) is 0.0174. The molecule has 5 fully saturated rings. The third-order valence-electron chi connectivity index (χ3n) is 6.69. The quantitative estimate of drug-likeness (QED) is 0.803. The molecule has 5 rings (SSSR count). The molecule has 22 heavy (non-hydrogen) atoms. The third kappa shape index (κ3) is 2.44. The fourth-order valence-electron chi connectivity index (χ4n) is 6.09. The molecular weight excluding hydrogens is 274 g/mol. The highest BCUT2D eigenvalue weighted by molar-refractivity contribution is 5.83. The molecule has 0 atom stereocenters. The van der Waals surface area contributed by atoms with Crippen LogP contribution in [0.2, 0.25) is 0 Å². The van der Waals surface area contributed by atoms with Crippen LogP contribution in [0.5, 0.6) is 0 Å². The highest BCUT2D eigenvalue weighted by Crippen LogP contribution is 2.60. The Bertz CT molecular complexity index is 452. The predicted octanol–water partition coefficient (Wildman–Crippen LogP) is 2.26. The van der Waals surface area contributed by atoms with Crippen molar-refractivity contribution < 1.29 is 4.79 Å². The van der Waals surface area contributed by atoms with Crippen LogP contribution >= 0.6 is 0 Å². The van der Waals surface area contributed by atoms with Crippen molar-refractivity contribution in [2.24, 2.45) is 23.2 Å². The van der Waals surface area contributed by atoms with Gasteiger partial charge in [-0.1, -0.05) is 0 Å². The van der Waals surface area contributed by atoms with Crippen molar-refractivity contribution in [2.75, 3.05) is 32.7 Å². The van der Waals surface area contributed by atoms with Gasteiger partial charge in [-0.15, -0.1) is 0 Å². The highest BCUT2D eigenvalue weighted by Gasteiger charge is 2.55. The van der Waals surface area contributed by atoms with Crippen molar-refractivity contribution >= 4 is 5.91 Å². The minimum Gasteiger partial charge on any atom is -0.340 e. The average molecular weight is 301 g/mol. The van der Waals surface area contributed by atoms with Crippen molar-refractivity contribution in [2.45, 2.75) is 44.9 Å². The lowest BCUT2D eigenvalue weighted by Gasteiger charge is -2.57. The van der Waals surface area contributed by atoms with E-state index in [0.717, 1.165) is 50.5 Å². The predicted molar refractivity (Wildman–Crippen MR) is 83.9 cm³/mol. The van der Waals surface area contributed by atoms with Gasteiger partial charge in [0.2, 0.25) is 5.91 Å². The molecule has 0 aromatic carbocycles. The number of nitrogens with zero attached hydrogens (tertiary/aromatic N) is 3. The first-order valence-corrected chi connectivity index (χ1v) is 9.07. The molecule has 0 N–H and O–H groups in total. The van der Waals surface area contributed by atoms with Gasteiger partial charge in [-0.25, -0.2) is 0 Å². The van der Waals surface area contributed by atoms with Gasteiger partial charge in [0, 0.05) is 39.1 Å². The zero-order valence-electron chi connectivity index (χ0n) is 13.5. The molecule has 0 radical (unpaired) electrons. The third-order valence-corrected chi connectivity index (χ3v) is 6.69. The van der Waals surface area contributed by atoms with Gasteiger partial charge in [0.1, 0.15) is 0 Å². The molecule has 4 heteroatoms. The van der Waals surface area contributed by atoms with Crippen LogP contribution in [0.25, 0.3) is 0 Å². The van der Waals surface area contributed by atoms with Crippen molar-refractivity contribution in [1.82, 2.24) is 9.80 Å². The molecule has 1 saturated heterocycles. The summed E-state index contributed by atoms with van der Waals surface area (Å²) in [7, 11) is 0. The summed E-state index contributed by atoms with van der Waals surface area (Å²) in [5, 5.41) is 8.69. The summed E-state index contributed by atoms with van der Waals surface area (Å²) in [6.45, 7) is 4.48. The first-order chi connectivity index (χ1) is 10.7. The van der Waals surface area contributed by atoms with E-state index in [0.29, 0.717) is 12.3 Å². The van der Waals surface area contributed by atoms with Crippen molar-refractivity contribution in [3.05, 3.63) is 0 Å². The maximum Gasteiger partial charge on any atom is 0.228 e. The van der Waals surface area contributed by atoms with Crippen LogP contribution in [0.3, 0.4) is 0 Å². The molecule has 4 aliphatic carbocycles. The molecule has 0 spiro atoms. The molecule has 1 aliphatic heterocycles. The summed E-state index contributed by atoms with van der Waals surface area (Å²) in [5.74, 6) is 3.00. The second-order valence-corrected chi connectivity index (χ2v) is 8.24. The van der Waals surface area contributed by atoms with Crippen molar-refractivity contribution in [3.8, 4) is 6.07 Å². The van der Waals surface area contributed by atoms with Crippen LogP contribution in [0.1, 0.15) is 44.9 Å². The number of carbonyl (C=O) groups is 1. The van der Waals surface area contributed by atoms with E-state index >= 15 is 0 Å². The Labute approximate surface area is 133 Å². The van der Waals surface area contributed by atoms with Gasteiger partial charge in [0.15, 0.2) is 0 Å². The molecule has 4 bridgehead atoms. The van der Waals surface area contributed by atoms with Gasteiger partial charge < -0.3 is 4.90 Å². The summed E-state index contributed by atoms with van der Waals surface area (Å²) >= 11 is 0. The maximum atomic E-state index is 13.2. The zero-order valence-corrected chi connectivity index (χ0v) is 13.5. The normalized spacial score (nSPS) is 40.7. The van der Waals surface area contributed by atoms with Crippen molar-refractivity contribution in [3.63, 3.8) is 0 Å². The Kier molecular flexibility index (Phi) is 3.64.